The Balaban J connectivity index is 1.43. The number of aliphatic imine (C=N–C) groups is 1. The van der Waals surface area contributed by atoms with Gasteiger partial charge >= 0.3 is 0 Å². The number of carbonyl (C=O) groups excluding carboxylic acids is 1. The van der Waals surface area contributed by atoms with E-state index in [1.807, 2.05) is 4.90 Å². The van der Waals surface area contributed by atoms with Crippen LogP contribution in [-0.2, 0) is 9.53 Å². The molecule has 1 N–H and O–H groups in total. The normalized spacial score (nSPS) is 27.0. The van der Waals surface area contributed by atoms with Crippen LogP contribution in [0.1, 0.15) is 38.5 Å². The van der Waals surface area contributed by atoms with Crippen LogP contribution in [0, 0.1) is 0 Å². The van der Waals surface area contributed by atoms with E-state index in [9.17, 15) is 4.79 Å². The highest BCUT2D eigenvalue weighted by atomic mass is 32.2. The Morgan fingerprint density at radius 1 is 1.29 bits per heavy atom. The Labute approximate surface area is 130 Å². The second-order valence-electron chi connectivity index (χ2n) is 6.18. The Kier molecular flexibility index (Phi) is 5.06. The molecule has 0 aromatic heterocycles. The van der Waals surface area contributed by atoms with Crippen LogP contribution in [-0.4, -0.2) is 60.1 Å². The number of thioether (sulfide) groups is 1. The zero-order valence-corrected chi connectivity index (χ0v) is 13.4. The minimum absolute atomic E-state index is 0.193. The van der Waals surface area contributed by atoms with Crippen molar-refractivity contribution in [2.45, 2.75) is 44.1 Å². The van der Waals surface area contributed by atoms with E-state index in [0.29, 0.717) is 13.0 Å². The van der Waals surface area contributed by atoms with E-state index in [1.54, 1.807) is 11.8 Å². The lowest BCUT2D eigenvalue weighted by atomic mass is 9.93. The molecule has 0 saturated carbocycles. The first-order chi connectivity index (χ1) is 10.3. The molecule has 0 radical (unpaired) electrons. The largest absolute Gasteiger partial charge is 0.381 e. The summed E-state index contributed by atoms with van der Waals surface area (Å²) in [5, 5.41) is 4.58. The van der Waals surface area contributed by atoms with E-state index in [2.05, 4.69) is 10.3 Å². The molecule has 0 aromatic rings. The third kappa shape index (κ3) is 3.92. The van der Waals surface area contributed by atoms with Gasteiger partial charge in [-0.3, -0.25) is 9.79 Å². The van der Waals surface area contributed by atoms with Gasteiger partial charge in [-0.15, -0.1) is 0 Å². The molecule has 0 aliphatic carbocycles. The molecule has 3 aliphatic heterocycles. The van der Waals surface area contributed by atoms with Gasteiger partial charge in [-0.1, -0.05) is 11.8 Å². The summed E-state index contributed by atoms with van der Waals surface area (Å²) in [7, 11) is 0. The first-order valence-corrected chi connectivity index (χ1v) is 9.07. The number of likely N-dealkylation sites (tertiary alicyclic amines) is 1. The van der Waals surface area contributed by atoms with Crippen molar-refractivity contribution in [1.82, 2.24) is 10.2 Å². The van der Waals surface area contributed by atoms with E-state index in [1.165, 1.54) is 6.42 Å². The highest BCUT2D eigenvalue weighted by molar-refractivity contribution is 8.14. The molecule has 3 aliphatic rings. The molecule has 0 atom stereocenters. The number of rotatable bonds is 3. The molecule has 3 saturated heterocycles. The molecule has 0 aromatic carbocycles. The summed E-state index contributed by atoms with van der Waals surface area (Å²) >= 11 is 1.79. The molecule has 0 bridgehead atoms. The second-order valence-corrected chi connectivity index (χ2v) is 7.15. The van der Waals surface area contributed by atoms with E-state index >= 15 is 0 Å². The summed E-state index contributed by atoms with van der Waals surface area (Å²) in [6.07, 6.45) is 6.24. The van der Waals surface area contributed by atoms with Crippen LogP contribution in [0.25, 0.3) is 0 Å². The van der Waals surface area contributed by atoms with Gasteiger partial charge in [-0.05, 0) is 32.1 Å². The number of nitrogens with one attached hydrogen (secondary N) is 1. The molecule has 3 heterocycles. The molecule has 3 fully saturated rings. The lowest BCUT2D eigenvalue weighted by Gasteiger charge is -2.32. The topological polar surface area (TPSA) is 53.9 Å². The van der Waals surface area contributed by atoms with E-state index in [0.717, 1.165) is 62.9 Å². The predicted molar refractivity (Wildman–Crippen MR) is 85.7 cm³/mol. The minimum Gasteiger partial charge on any atom is -0.381 e. The van der Waals surface area contributed by atoms with Gasteiger partial charge in [0.2, 0.25) is 5.91 Å². The van der Waals surface area contributed by atoms with Gasteiger partial charge < -0.3 is 15.0 Å². The van der Waals surface area contributed by atoms with Gasteiger partial charge in [-0.2, -0.15) is 0 Å². The van der Waals surface area contributed by atoms with Crippen LogP contribution in [0.3, 0.4) is 0 Å². The molecule has 0 unspecified atom stereocenters. The van der Waals surface area contributed by atoms with Crippen molar-refractivity contribution in [3.63, 3.8) is 0 Å². The summed E-state index contributed by atoms with van der Waals surface area (Å²) in [4.78, 5) is 18.7. The molecule has 1 spiro atoms. The van der Waals surface area contributed by atoms with Gasteiger partial charge in [0.25, 0.3) is 0 Å². The summed E-state index contributed by atoms with van der Waals surface area (Å²) < 4.78 is 5.43. The molecule has 118 valence electrons. The smallest absolute Gasteiger partial charge is 0.224 e. The molecular formula is C15H25N3O2S. The zero-order valence-electron chi connectivity index (χ0n) is 12.6. The van der Waals surface area contributed by atoms with Crippen molar-refractivity contribution in [3.05, 3.63) is 0 Å². The predicted octanol–water partition coefficient (Wildman–Crippen LogP) is 1.63. The maximum absolute atomic E-state index is 12.1. The summed E-state index contributed by atoms with van der Waals surface area (Å²) in [5.74, 6) is 1.35. The molecule has 3 rings (SSSR count). The number of nitrogens with zero attached hydrogens (tertiary/aromatic N) is 2. The Bertz CT molecular complexity index is 402. The number of carbonyl (C=O) groups is 1. The standard InChI is InChI=1S/C15H25N3O2S/c19-13(18-8-2-1-3-9-18)4-7-16-14-17-15(12-21-14)5-10-20-11-6-15/h1-12H2,(H,16,17). The SMILES string of the molecule is O=C(CCN=C1NC2(CCOCC2)CS1)N1CCCCC1. The Morgan fingerprint density at radius 2 is 2.05 bits per heavy atom. The first-order valence-electron chi connectivity index (χ1n) is 8.08. The summed E-state index contributed by atoms with van der Waals surface area (Å²) in [6.45, 7) is 4.16. The first kappa shape index (κ1) is 15.2. The lowest BCUT2D eigenvalue weighted by molar-refractivity contribution is -0.131. The number of hydrogen-bond donors (Lipinski definition) is 1. The molecular weight excluding hydrogens is 286 g/mol. The number of amides is 1. The zero-order chi connectivity index (χ0) is 14.5. The van der Waals surface area contributed by atoms with Crippen LogP contribution in [0.4, 0.5) is 0 Å². The number of ether oxygens (including phenoxy) is 1. The Morgan fingerprint density at radius 3 is 2.81 bits per heavy atom. The van der Waals surface area contributed by atoms with Crippen molar-refractivity contribution >= 4 is 22.8 Å². The molecule has 21 heavy (non-hydrogen) atoms. The third-order valence-electron chi connectivity index (χ3n) is 4.60. The van der Waals surface area contributed by atoms with E-state index < -0.39 is 0 Å². The summed E-state index contributed by atoms with van der Waals surface area (Å²) in [5.41, 5.74) is 0.193. The van der Waals surface area contributed by atoms with Crippen molar-refractivity contribution in [1.29, 1.82) is 0 Å². The maximum Gasteiger partial charge on any atom is 0.224 e. The van der Waals surface area contributed by atoms with E-state index in [-0.39, 0.29) is 11.4 Å². The molecule has 1 amide bonds. The van der Waals surface area contributed by atoms with Crippen LogP contribution < -0.4 is 5.32 Å². The van der Waals surface area contributed by atoms with Crippen LogP contribution in [0.15, 0.2) is 4.99 Å². The Hall–Kier alpha value is -0.750. The number of piperidine rings is 1. The van der Waals surface area contributed by atoms with Gasteiger partial charge in [0.05, 0.1) is 12.1 Å². The van der Waals surface area contributed by atoms with Gasteiger partial charge in [0.1, 0.15) is 0 Å². The van der Waals surface area contributed by atoms with Crippen molar-refractivity contribution in [2.75, 3.05) is 38.6 Å². The average Bonchev–Trinajstić information content (AvgIpc) is 2.91. The molecule has 5 nitrogen and oxygen atoms in total. The van der Waals surface area contributed by atoms with Gasteiger partial charge in [0, 0.05) is 38.5 Å². The van der Waals surface area contributed by atoms with Crippen molar-refractivity contribution in [3.8, 4) is 0 Å². The second kappa shape index (κ2) is 7.01. The summed E-state index contributed by atoms with van der Waals surface area (Å²) in [6, 6.07) is 0. The highest BCUT2D eigenvalue weighted by Crippen LogP contribution is 2.31. The number of amidine groups is 1. The quantitative estimate of drug-likeness (QED) is 0.861. The monoisotopic (exact) mass is 311 g/mol. The average molecular weight is 311 g/mol. The van der Waals surface area contributed by atoms with E-state index in [4.69, 9.17) is 4.74 Å². The van der Waals surface area contributed by atoms with Crippen LogP contribution in [0.2, 0.25) is 0 Å². The fourth-order valence-corrected chi connectivity index (χ4v) is 4.42. The fourth-order valence-electron chi connectivity index (χ4n) is 3.18. The van der Waals surface area contributed by atoms with Gasteiger partial charge in [-0.25, -0.2) is 0 Å². The van der Waals surface area contributed by atoms with Crippen molar-refractivity contribution < 1.29 is 9.53 Å². The van der Waals surface area contributed by atoms with Crippen LogP contribution in [0.5, 0.6) is 0 Å². The minimum atomic E-state index is 0.193. The van der Waals surface area contributed by atoms with Gasteiger partial charge in [0.15, 0.2) is 5.17 Å². The number of hydrogen-bond acceptors (Lipinski definition) is 4. The fraction of sp³-hybridized carbons (Fsp3) is 0.867. The highest BCUT2D eigenvalue weighted by Gasteiger charge is 2.38. The van der Waals surface area contributed by atoms with Crippen LogP contribution >= 0.6 is 11.8 Å². The lowest BCUT2D eigenvalue weighted by Crippen LogP contribution is -2.48. The van der Waals surface area contributed by atoms with Crippen molar-refractivity contribution in [2.24, 2.45) is 4.99 Å². The maximum atomic E-state index is 12.1. The third-order valence-corrected chi connectivity index (χ3v) is 5.80. The molecule has 6 heteroatoms.